The molecular formula is C32H34ClN3O7. The van der Waals surface area contributed by atoms with Crippen LogP contribution in [-0.4, -0.2) is 68.2 Å². The number of carbonyl (C=O) groups excluding carboxylic acids is 3. The molecule has 2 N–H and O–H groups in total. The van der Waals surface area contributed by atoms with Crippen LogP contribution >= 0.6 is 11.6 Å². The Kier molecular flexibility index (Phi) is 9.88. The predicted octanol–water partition coefficient (Wildman–Crippen LogP) is 3.53. The van der Waals surface area contributed by atoms with Crippen LogP contribution in [0.5, 0.6) is 23.0 Å². The van der Waals surface area contributed by atoms with Gasteiger partial charge in [-0.25, -0.2) is 0 Å². The van der Waals surface area contributed by atoms with Crippen LogP contribution in [0.4, 0.5) is 0 Å². The number of aryl methyl sites for hydroxylation is 1. The summed E-state index contributed by atoms with van der Waals surface area (Å²) in [5.41, 5.74) is 1.84. The molecule has 1 saturated heterocycles. The molecule has 10 nitrogen and oxygen atoms in total. The first-order valence-corrected chi connectivity index (χ1v) is 14.5. The number of amides is 3. The number of rotatable bonds is 4. The largest absolute Gasteiger partial charge is 0.493 e. The minimum atomic E-state index is -0.506. The monoisotopic (exact) mass is 607 g/mol. The topological polar surface area (TPSA) is 115 Å². The van der Waals surface area contributed by atoms with Crippen molar-refractivity contribution in [3.63, 3.8) is 0 Å². The molecular weight excluding hydrogens is 574 g/mol. The SMILES string of the molecule is COc1cc2ccc1OCC(=O)N[C@@H]1CN(C(=O)COc3cccc(Cl)c3)CC[C@H]1Oc1ccc(cc1)CNC(=O)CC2. The van der Waals surface area contributed by atoms with Gasteiger partial charge in [0.05, 0.1) is 13.2 Å². The van der Waals surface area contributed by atoms with Crippen molar-refractivity contribution in [3.8, 4) is 23.0 Å². The maximum Gasteiger partial charge on any atom is 0.260 e. The summed E-state index contributed by atoms with van der Waals surface area (Å²) < 4.78 is 23.2. The number of hydrogen-bond donors (Lipinski definition) is 2. The van der Waals surface area contributed by atoms with Gasteiger partial charge >= 0.3 is 0 Å². The Hall–Kier alpha value is -4.44. The van der Waals surface area contributed by atoms with Crippen molar-refractivity contribution in [3.05, 3.63) is 82.9 Å². The molecule has 226 valence electrons. The van der Waals surface area contributed by atoms with Gasteiger partial charge in [-0.05, 0) is 60.0 Å². The second kappa shape index (κ2) is 14.2. The fourth-order valence-electron chi connectivity index (χ4n) is 5.02. The summed E-state index contributed by atoms with van der Waals surface area (Å²) in [7, 11) is 1.52. The van der Waals surface area contributed by atoms with Gasteiger partial charge in [0.2, 0.25) is 5.91 Å². The number of halogens is 1. The van der Waals surface area contributed by atoms with Crippen LogP contribution in [0.1, 0.15) is 24.0 Å². The maximum atomic E-state index is 13.1. The first kappa shape index (κ1) is 30.0. The molecule has 3 aromatic carbocycles. The Morgan fingerprint density at radius 2 is 1.84 bits per heavy atom. The van der Waals surface area contributed by atoms with E-state index >= 15 is 0 Å². The molecule has 5 aliphatic heterocycles. The zero-order chi connectivity index (χ0) is 30.2. The number of nitrogens with one attached hydrogen (secondary N) is 2. The molecule has 8 rings (SSSR count). The van der Waals surface area contributed by atoms with E-state index in [1.54, 1.807) is 41.3 Å². The van der Waals surface area contributed by atoms with E-state index in [0.29, 0.717) is 60.4 Å². The zero-order valence-electron chi connectivity index (χ0n) is 23.8. The Morgan fingerprint density at radius 3 is 2.63 bits per heavy atom. The summed E-state index contributed by atoms with van der Waals surface area (Å²) in [5, 5.41) is 6.47. The number of ether oxygens (including phenoxy) is 4. The average molecular weight is 608 g/mol. The van der Waals surface area contributed by atoms with Gasteiger partial charge in [-0.15, -0.1) is 0 Å². The molecule has 43 heavy (non-hydrogen) atoms. The summed E-state index contributed by atoms with van der Waals surface area (Å²) >= 11 is 6.02. The van der Waals surface area contributed by atoms with Gasteiger partial charge in [0, 0.05) is 37.5 Å². The molecule has 3 aromatic rings. The lowest BCUT2D eigenvalue weighted by atomic mass is 10.0. The Labute approximate surface area is 255 Å². The quantitative estimate of drug-likeness (QED) is 0.466. The normalized spacial score (nSPS) is 19.3. The van der Waals surface area contributed by atoms with E-state index in [4.69, 9.17) is 30.5 Å². The van der Waals surface area contributed by atoms with Gasteiger partial charge in [0.1, 0.15) is 17.6 Å². The molecule has 0 aromatic heterocycles. The molecule has 5 aliphatic rings. The molecule has 11 heteroatoms. The molecule has 2 atom stereocenters. The van der Waals surface area contributed by atoms with E-state index < -0.39 is 12.1 Å². The van der Waals surface area contributed by atoms with E-state index in [9.17, 15) is 14.4 Å². The van der Waals surface area contributed by atoms with Crippen LogP contribution in [0.25, 0.3) is 0 Å². The third kappa shape index (κ3) is 8.32. The van der Waals surface area contributed by atoms with Crippen LogP contribution in [0.3, 0.4) is 0 Å². The number of benzene rings is 3. The number of piperidine rings is 1. The standard InChI is InChI=1S/C32H34ClN3O7/c1-40-29-15-21-7-11-28(29)42-19-31(38)35-26-18-36(32(39)20-41-25-4-2-3-23(33)16-25)14-13-27(26)43-24-9-5-22(6-10-24)17-34-30(37)12-8-21/h2-7,9-11,15-16,26-27H,8,12-14,17-20H2,1H3,(H,34,37)(H,35,38)/t26-,27-/m1/s1. The lowest BCUT2D eigenvalue weighted by molar-refractivity contribution is -0.137. The van der Waals surface area contributed by atoms with E-state index in [0.717, 1.165) is 11.1 Å². The third-order valence-electron chi connectivity index (χ3n) is 7.33. The highest BCUT2D eigenvalue weighted by Crippen LogP contribution is 2.29. The van der Waals surface area contributed by atoms with Gasteiger partial charge in [0.25, 0.3) is 11.8 Å². The van der Waals surface area contributed by atoms with Crippen molar-refractivity contribution in [1.29, 1.82) is 0 Å². The van der Waals surface area contributed by atoms with E-state index in [1.807, 2.05) is 30.3 Å². The first-order valence-electron chi connectivity index (χ1n) is 14.1. The molecule has 1 fully saturated rings. The van der Waals surface area contributed by atoms with Crippen LogP contribution < -0.4 is 29.6 Å². The minimum Gasteiger partial charge on any atom is -0.493 e. The van der Waals surface area contributed by atoms with Crippen molar-refractivity contribution in [1.82, 2.24) is 15.5 Å². The second-order valence-corrected chi connectivity index (χ2v) is 10.8. The number of methoxy groups -OCH3 is 1. The van der Waals surface area contributed by atoms with Gasteiger partial charge < -0.3 is 34.5 Å². The van der Waals surface area contributed by atoms with Crippen LogP contribution in [0, 0.1) is 0 Å². The van der Waals surface area contributed by atoms with Crippen molar-refractivity contribution < 1.29 is 33.3 Å². The highest BCUT2D eigenvalue weighted by molar-refractivity contribution is 6.30. The van der Waals surface area contributed by atoms with Crippen molar-refractivity contribution >= 4 is 29.3 Å². The maximum absolute atomic E-state index is 13.1. The molecule has 0 radical (unpaired) electrons. The van der Waals surface area contributed by atoms with E-state index in [2.05, 4.69) is 10.6 Å². The van der Waals surface area contributed by atoms with Crippen molar-refractivity contribution in [2.24, 2.45) is 0 Å². The summed E-state index contributed by atoms with van der Waals surface area (Å²) in [6, 6.07) is 19.2. The Bertz CT molecular complexity index is 1450. The molecule has 0 aliphatic carbocycles. The van der Waals surface area contributed by atoms with Crippen molar-refractivity contribution in [2.75, 3.05) is 33.4 Å². The molecule has 0 unspecified atom stereocenters. The van der Waals surface area contributed by atoms with Crippen molar-refractivity contribution in [2.45, 2.75) is 38.0 Å². The van der Waals surface area contributed by atoms with Gasteiger partial charge in [0.15, 0.2) is 24.7 Å². The zero-order valence-corrected chi connectivity index (χ0v) is 24.6. The lowest BCUT2D eigenvalue weighted by Crippen LogP contribution is -2.59. The summed E-state index contributed by atoms with van der Waals surface area (Å²) in [6.07, 6.45) is 0.939. The second-order valence-electron chi connectivity index (χ2n) is 10.4. The first-order chi connectivity index (χ1) is 20.9. The molecule has 0 spiro atoms. The molecule has 5 heterocycles. The van der Waals surface area contributed by atoms with Gasteiger partial charge in [-0.2, -0.15) is 0 Å². The van der Waals surface area contributed by atoms with E-state index in [1.165, 1.54) is 7.11 Å². The highest BCUT2D eigenvalue weighted by Gasteiger charge is 2.34. The van der Waals surface area contributed by atoms with Gasteiger partial charge in [-0.3, -0.25) is 14.4 Å². The van der Waals surface area contributed by atoms with Gasteiger partial charge in [-0.1, -0.05) is 35.9 Å². The number of hydrogen-bond acceptors (Lipinski definition) is 7. The number of carbonyl (C=O) groups is 3. The Balaban J connectivity index is 1.31. The summed E-state index contributed by atoms with van der Waals surface area (Å²) in [5.74, 6) is 1.35. The van der Waals surface area contributed by atoms with Crippen LogP contribution in [0.2, 0.25) is 5.02 Å². The smallest absolute Gasteiger partial charge is 0.260 e. The Morgan fingerprint density at radius 1 is 1.02 bits per heavy atom. The number of likely N-dealkylation sites (tertiary alicyclic amines) is 1. The minimum absolute atomic E-state index is 0.0622. The molecule has 3 amide bonds. The third-order valence-corrected chi connectivity index (χ3v) is 7.57. The predicted molar refractivity (Wildman–Crippen MR) is 160 cm³/mol. The average Bonchev–Trinajstić information content (AvgIpc) is 3.01. The fourth-order valence-corrected chi connectivity index (χ4v) is 5.20. The summed E-state index contributed by atoms with van der Waals surface area (Å²) in [6.45, 7) is 0.631. The fraction of sp³-hybridized carbons (Fsp3) is 0.344. The lowest BCUT2D eigenvalue weighted by Gasteiger charge is -2.38. The highest BCUT2D eigenvalue weighted by atomic mass is 35.5. The number of nitrogens with zero attached hydrogens (tertiary/aromatic N) is 1. The molecule has 0 saturated carbocycles. The summed E-state index contributed by atoms with van der Waals surface area (Å²) in [4.78, 5) is 40.2. The molecule has 4 bridgehead atoms. The van der Waals surface area contributed by atoms with E-state index in [-0.39, 0.29) is 37.5 Å². The van der Waals surface area contributed by atoms with Crippen LogP contribution in [0.15, 0.2) is 66.7 Å². The van der Waals surface area contributed by atoms with Crippen LogP contribution in [-0.2, 0) is 27.3 Å².